The van der Waals surface area contributed by atoms with E-state index in [9.17, 15) is 0 Å². The largest absolute Gasteiger partial charge is 0.479 e. The van der Waals surface area contributed by atoms with E-state index in [4.69, 9.17) is 4.74 Å². The predicted molar refractivity (Wildman–Crippen MR) is 57.0 cm³/mol. The first kappa shape index (κ1) is 9.89. The molecule has 0 amide bonds. The van der Waals surface area contributed by atoms with Crippen molar-refractivity contribution in [1.82, 2.24) is 19.5 Å². The third-order valence-corrected chi connectivity index (χ3v) is 2.25. The maximum atomic E-state index is 5.17. The Bertz CT molecular complexity index is 489. The highest BCUT2D eigenvalue weighted by molar-refractivity contribution is 5.76. The number of imidazole rings is 1. The first-order valence-electron chi connectivity index (χ1n) is 4.88. The van der Waals surface area contributed by atoms with E-state index in [0.717, 1.165) is 11.2 Å². The molecule has 0 atom stereocenters. The molecule has 0 aliphatic heterocycles. The number of aryl methyl sites for hydroxylation is 1. The van der Waals surface area contributed by atoms with E-state index in [1.807, 2.05) is 11.5 Å². The van der Waals surface area contributed by atoms with Crippen LogP contribution in [0.4, 0.5) is 0 Å². The average molecular weight is 206 g/mol. The van der Waals surface area contributed by atoms with Crippen molar-refractivity contribution in [3.05, 3.63) is 12.2 Å². The fourth-order valence-electron chi connectivity index (χ4n) is 1.51. The van der Waals surface area contributed by atoms with Gasteiger partial charge in [-0.05, 0) is 20.8 Å². The molecule has 2 aromatic rings. The molecule has 0 spiro atoms. The van der Waals surface area contributed by atoms with Crippen LogP contribution < -0.4 is 4.74 Å². The molecule has 0 radical (unpaired) electrons. The number of aromatic nitrogens is 4. The molecule has 0 bridgehead atoms. The minimum absolute atomic E-state index is 0.328. The Kier molecular flexibility index (Phi) is 2.30. The van der Waals surface area contributed by atoms with Gasteiger partial charge in [0, 0.05) is 6.04 Å². The summed E-state index contributed by atoms with van der Waals surface area (Å²) in [6.07, 6.45) is 1.77. The SMILES string of the molecule is COc1nc(C)nc2c1ncn2C(C)C. The second kappa shape index (κ2) is 3.49. The van der Waals surface area contributed by atoms with Crippen LogP contribution in [0.1, 0.15) is 25.7 Å². The molecule has 2 heterocycles. The summed E-state index contributed by atoms with van der Waals surface area (Å²) in [7, 11) is 1.59. The lowest BCUT2D eigenvalue weighted by atomic mass is 10.4. The van der Waals surface area contributed by atoms with Crippen molar-refractivity contribution in [3.63, 3.8) is 0 Å². The van der Waals surface area contributed by atoms with Gasteiger partial charge in [0.1, 0.15) is 5.82 Å². The van der Waals surface area contributed by atoms with E-state index in [1.54, 1.807) is 13.4 Å². The Hall–Kier alpha value is -1.65. The number of fused-ring (bicyclic) bond motifs is 1. The summed E-state index contributed by atoms with van der Waals surface area (Å²) >= 11 is 0. The molecular formula is C10H14N4O. The summed E-state index contributed by atoms with van der Waals surface area (Å²) in [5.41, 5.74) is 1.55. The van der Waals surface area contributed by atoms with Crippen molar-refractivity contribution in [2.75, 3.05) is 7.11 Å². The molecule has 0 saturated heterocycles. The van der Waals surface area contributed by atoms with E-state index in [1.165, 1.54) is 0 Å². The quantitative estimate of drug-likeness (QED) is 0.750. The lowest BCUT2D eigenvalue weighted by Crippen LogP contribution is -2.02. The van der Waals surface area contributed by atoms with Crippen molar-refractivity contribution in [3.8, 4) is 5.88 Å². The fourth-order valence-corrected chi connectivity index (χ4v) is 1.51. The first-order valence-corrected chi connectivity index (χ1v) is 4.88. The van der Waals surface area contributed by atoms with E-state index >= 15 is 0 Å². The van der Waals surface area contributed by atoms with Gasteiger partial charge in [-0.25, -0.2) is 9.97 Å². The highest BCUT2D eigenvalue weighted by Crippen LogP contribution is 2.22. The molecule has 0 fully saturated rings. The van der Waals surface area contributed by atoms with Crippen LogP contribution in [-0.4, -0.2) is 26.6 Å². The third-order valence-electron chi connectivity index (χ3n) is 2.25. The summed E-state index contributed by atoms with van der Waals surface area (Å²) in [6, 6.07) is 0.328. The summed E-state index contributed by atoms with van der Waals surface area (Å²) in [6.45, 7) is 6.02. The summed E-state index contributed by atoms with van der Waals surface area (Å²) in [5, 5.41) is 0. The maximum absolute atomic E-state index is 5.17. The molecule has 5 nitrogen and oxygen atoms in total. The minimum Gasteiger partial charge on any atom is -0.479 e. The molecule has 15 heavy (non-hydrogen) atoms. The molecule has 0 unspecified atom stereocenters. The molecule has 2 rings (SSSR count). The fraction of sp³-hybridized carbons (Fsp3) is 0.500. The van der Waals surface area contributed by atoms with Gasteiger partial charge in [0.15, 0.2) is 11.2 Å². The normalized spacial score (nSPS) is 11.3. The van der Waals surface area contributed by atoms with Crippen LogP contribution in [0.25, 0.3) is 11.2 Å². The minimum atomic E-state index is 0.328. The second-order valence-corrected chi connectivity index (χ2v) is 3.70. The van der Waals surface area contributed by atoms with Gasteiger partial charge in [-0.2, -0.15) is 4.98 Å². The van der Waals surface area contributed by atoms with Crippen LogP contribution in [-0.2, 0) is 0 Å². The number of nitrogens with zero attached hydrogens (tertiary/aromatic N) is 4. The van der Waals surface area contributed by atoms with Gasteiger partial charge >= 0.3 is 0 Å². The number of hydrogen-bond acceptors (Lipinski definition) is 4. The summed E-state index contributed by atoms with van der Waals surface area (Å²) in [5.74, 6) is 1.23. The highest BCUT2D eigenvalue weighted by Gasteiger charge is 2.13. The highest BCUT2D eigenvalue weighted by atomic mass is 16.5. The molecule has 2 aromatic heterocycles. The van der Waals surface area contributed by atoms with Gasteiger partial charge in [0.2, 0.25) is 5.88 Å². The molecule has 0 saturated carbocycles. The van der Waals surface area contributed by atoms with Gasteiger partial charge in [-0.1, -0.05) is 0 Å². The van der Waals surface area contributed by atoms with Crippen LogP contribution in [0.5, 0.6) is 5.88 Å². The second-order valence-electron chi connectivity index (χ2n) is 3.70. The predicted octanol–water partition coefficient (Wildman–Crippen LogP) is 1.72. The zero-order valence-electron chi connectivity index (χ0n) is 9.35. The van der Waals surface area contributed by atoms with Crippen LogP contribution in [0, 0.1) is 6.92 Å². The molecule has 0 aliphatic carbocycles. The molecule has 0 aromatic carbocycles. The van der Waals surface area contributed by atoms with Gasteiger partial charge < -0.3 is 9.30 Å². The van der Waals surface area contributed by atoms with E-state index in [0.29, 0.717) is 17.7 Å². The zero-order valence-corrected chi connectivity index (χ0v) is 9.35. The number of rotatable bonds is 2. The molecular weight excluding hydrogens is 192 g/mol. The maximum Gasteiger partial charge on any atom is 0.245 e. The lowest BCUT2D eigenvalue weighted by Gasteiger charge is -2.07. The standard InChI is InChI=1S/C10H14N4O/c1-6(2)14-5-11-8-9(14)12-7(3)13-10(8)15-4/h5-6H,1-4H3. The van der Waals surface area contributed by atoms with Crippen LogP contribution in [0.3, 0.4) is 0 Å². The van der Waals surface area contributed by atoms with Crippen molar-refractivity contribution < 1.29 is 4.74 Å². The molecule has 80 valence electrons. The van der Waals surface area contributed by atoms with Crippen LogP contribution >= 0.6 is 0 Å². The van der Waals surface area contributed by atoms with Gasteiger partial charge in [-0.3, -0.25) is 0 Å². The number of ether oxygens (including phenoxy) is 1. The zero-order chi connectivity index (χ0) is 11.0. The monoisotopic (exact) mass is 206 g/mol. The Balaban J connectivity index is 2.75. The van der Waals surface area contributed by atoms with Crippen LogP contribution in [0.2, 0.25) is 0 Å². The van der Waals surface area contributed by atoms with Crippen molar-refractivity contribution in [2.45, 2.75) is 26.8 Å². The van der Waals surface area contributed by atoms with E-state index in [-0.39, 0.29) is 0 Å². The third kappa shape index (κ3) is 1.54. The molecule has 5 heteroatoms. The van der Waals surface area contributed by atoms with Crippen molar-refractivity contribution in [1.29, 1.82) is 0 Å². The van der Waals surface area contributed by atoms with Gasteiger partial charge in [-0.15, -0.1) is 0 Å². The topological polar surface area (TPSA) is 52.8 Å². The Morgan fingerprint density at radius 3 is 2.67 bits per heavy atom. The van der Waals surface area contributed by atoms with E-state index < -0.39 is 0 Å². The van der Waals surface area contributed by atoms with E-state index in [2.05, 4.69) is 28.8 Å². The summed E-state index contributed by atoms with van der Waals surface area (Å²) < 4.78 is 7.18. The van der Waals surface area contributed by atoms with Crippen LogP contribution in [0.15, 0.2) is 6.33 Å². The summed E-state index contributed by atoms with van der Waals surface area (Å²) in [4.78, 5) is 12.8. The lowest BCUT2D eigenvalue weighted by molar-refractivity contribution is 0.400. The Morgan fingerprint density at radius 2 is 2.07 bits per heavy atom. The van der Waals surface area contributed by atoms with Gasteiger partial charge in [0.05, 0.1) is 13.4 Å². The smallest absolute Gasteiger partial charge is 0.245 e. The molecule has 0 N–H and O–H groups in total. The first-order chi connectivity index (χ1) is 7.13. The van der Waals surface area contributed by atoms with Crippen molar-refractivity contribution in [2.24, 2.45) is 0 Å². The number of hydrogen-bond donors (Lipinski definition) is 0. The van der Waals surface area contributed by atoms with Crippen molar-refractivity contribution >= 4 is 11.2 Å². The Labute approximate surface area is 88.1 Å². The Morgan fingerprint density at radius 1 is 1.33 bits per heavy atom. The average Bonchev–Trinajstić information content (AvgIpc) is 2.59. The molecule has 0 aliphatic rings. The van der Waals surface area contributed by atoms with Gasteiger partial charge in [0.25, 0.3) is 0 Å². The number of methoxy groups -OCH3 is 1.